The largest absolute Gasteiger partial charge is 0.493 e. The van der Waals surface area contributed by atoms with Gasteiger partial charge in [-0.3, -0.25) is 0 Å². The summed E-state index contributed by atoms with van der Waals surface area (Å²) in [6, 6.07) is 15.4. The second-order valence-electron chi connectivity index (χ2n) is 4.56. The lowest BCUT2D eigenvalue weighted by molar-refractivity contribution is 0.205. The van der Waals surface area contributed by atoms with E-state index in [0.29, 0.717) is 11.6 Å². The van der Waals surface area contributed by atoms with Gasteiger partial charge in [-0.1, -0.05) is 47.5 Å². The van der Waals surface area contributed by atoms with Crippen LogP contribution in [0.2, 0.25) is 5.02 Å². The maximum atomic E-state index is 9.50. The normalized spacial score (nSPS) is 12.2. The molecule has 2 aromatic carbocycles. The highest BCUT2D eigenvalue weighted by Gasteiger charge is 2.11. The van der Waals surface area contributed by atoms with Crippen LogP contribution in [0, 0.1) is 6.92 Å². The van der Waals surface area contributed by atoms with Gasteiger partial charge in [0.25, 0.3) is 0 Å². The molecule has 0 saturated carbocycles. The summed E-state index contributed by atoms with van der Waals surface area (Å²) in [4.78, 5) is 0. The molecular weight excluding hydrogens is 260 g/mol. The molecule has 19 heavy (non-hydrogen) atoms. The molecular formula is C16H17ClO2. The Morgan fingerprint density at radius 3 is 2.63 bits per heavy atom. The molecule has 0 saturated heterocycles. The van der Waals surface area contributed by atoms with Crippen LogP contribution in [0.4, 0.5) is 0 Å². The van der Waals surface area contributed by atoms with Gasteiger partial charge in [-0.2, -0.15) is 0 Å². The molecule has 2 rings (SSSR count). The van der Waals surface area contributed by atoms with E-state index in [-0.39, 0.29) is 12.5 Å². The van der Waals surface area contributed by atoms with Crippen LogP contribution in [-0.4, -0.2) is 18.3 Å². The van der Waals surface area contributed by atoms with Crippen molar-refractivity contribution in [3.63, 3.8) is 0 Å². The third kappa shape index (κ3) is 3.98. The van der Waals surface area contributed by atoms with Crippen molar-refractivity contribution in [1.29, 1.82) is 0 Å². The van der Waals surface area contributed by atoms with Gasteiger partial charge in [0.1, 0.15) is 5.75 Å². The van der Waals surface area contributed by atoms with Crippen LogP contribution in [0.3, 0.4) is 0 Å². The molecule has 0 radical (unpaired) electrons. The fraction of sp³-hybridized carbons (Fsp3) is 0.250. The molecule has 0 aliphatic heterocycles. The lowest BCUT2D eigenvalue weighted by Crippen LogP contribution is -2.14. The van der Waals surface area contributed by atoms with Gasteiger partial charge in [0.2, 0.25) is 0 Å². The molecule has 100 valence electrons. The molecule has 0 aromatic heterocycles. The van der Waals surface area contributed by atoms with Crippen LogP contribution >= 0.6 is 11.6 Å². The summed E-state index contributed by atoms with van der Waals surface area (Å²) in [6.45, 7) is 2.53. The first-order valence-corrected chi connectivity index (χ1v) is 6.62. The van der Waals surface area contributed by atoms with Crippen LogP contribution in [-0.2, 0) is 0 Å². The number of benzene rings is 2. The predicted molar refractivity (Wildman–Crippen MR) is 78.0 cm³/mol. The van der Waals surface area contributed by atoms with Gasteiger partial charge in [-0.25, -0.2) is 0 Å². The molecule has 0 aliphatic rings. The average molecular weight is 277 g/mol. The zero-order chi connectivity index (χ0) is 13.7. The molecule has 0 spiro atoms. The highest BCUT2D eigenvalue weighted by molar-refractivity contribution is 6.30. The highest BCUT2D eigenvalue weighted by Crippen LogP contribution is 2.21. The number of hydrogen-bond acceptors (Lipinski definition) is 2. The van der Waals surface area contributed by atoms with E-state index < -0.39 is 0 Å². The zero-order valence-corrected chi connectivity index (χ0v) is 11.6. The molecule has 0 bridgehead atoms. The van der Waals surface area contributed by atoms with Gasteiger partial charge < -0.3 is 9.84 Å². The summed E-state index contributed by atoms with van der Waals surface area (Å²) in [5.74, 6) is 0.692. The number of aliphatic hydroxyl groups excluding tert-OH is 1. The fourth-order valence-corrected chi connectivity index (χ4v) is 2.11. The average Bonchev–Trinajstić information content (AvgIpc) is 2.40. The van der Waals surface area contributed by atoms with Crippen LogP contribution < -0.4 is 4.74 Å². The lowest BCUT2D eigenvalue weighted by atomic mass is 9.99. The number of aryl methyl sites for hydroxylation is 1. The van der Waals surface area contributed by atoms with E-state index in [4.69, 9.17) is 16.3 Å². The summed E-state index contributed by atoms with van der Waals surface area (Å²) in [5.41, 5.74) is 2.27. The number of aliphatic hydroxyl groups is 1. The van der Waals surface area contributed by atoms with Gasteiger partial charge in [0.15, 0.2) is 0 Å². The Balaban J connectivity index is 2.04. The van der Waals surface area contributed by atoms with Gasteiger partial charge in [0.05, 0.1) is 13.2 Å². The third-order valence-corrected chi connectivity index (χ3v) is 3.22. The number of ether oxygens (including phenoxy) is 1. The number of hydrogen-bond donors (Lipinski definition) is 1. The Morgan fingerprint density at radius 2 is 1.95 bits per heavy atom. The van der Waals surface area contributed by atoms with Gasteiger partial charge in [-0.15, -0.1) is 0 Å². The maximum absolute atomic E-state index is 9.50. The number of halogens is 1. The zero-order valence-electron chi connectivity index (χ0n) is 10.8. The molecule has 0 amide bonds. The summed E-state index contributed by atoms with van der Waals surface area (Å²) < 4.78 is 5.69. The summed E-state index contributed by atoms with van der Waals surface area (Å²) in [6.07, 6.45) is 0. The van der Waals surface area contributed by atoms with Crippen LogP contribution in [0.5, 0.6) is 5.75 Å². The minimum absolute atomic E-state index is 0.0288. The third-order valence-electron chi connectivity index (χ3n) is 2.98. The van der Waals surface area contributed by atoms with E-state index in [2.05, 4.69) is 6.07 Å². The maximum Gasteiger partial charge on any atom is 0.120 e. The smallest absolute Gasteiger partial charge is 0.120 e. The standard InChI is InChI=1S/C16H17ClO2/c1-12-4-2-5-13(8-12)14(10-18)11-19-16-7-3-6-15(17)9-16/h2-9,14,18H,10-11H2,1H3. The molecule has 0 fully saturated rings. The quantitative estimate of drug-likeness (QED) is 0.900. The Hall–Kier alpha value is -1.51. The van der Waals surface area contributed by atoms with E-state index in [1.165, 1.54) is 5.56 Å². The van der Waals surface area contributed by atoms with Crippen molar-refractivity contribution in [2.75, 3.05) is 13.2 Å². The van der Waals surface area contributed by atoms with Crippen molar-refractivity contribution < 1.29 is 9.84 Å². The first-order valence-electron chi connectivity index (χ1n) is 6.25. The minimum atomic E-state index is -0.0288. The molecule has 0 aliphatic carbocycles. The Labute approximate surface area is 118 Å². The highest BCUT2D eigenvalue weighted by atomic mass is 35.5. The van der Waals surface area contributed by atoms with Crippen molar-refractivity contribution in [3.05, 3.63) is 64.7 Å². The lowest BCUT2D eigenvalue weighted by Gasteiger charge is -2.16. The summed E-state index contributed by atoms with van der Waals surface area (Å²) >= 11 is 5.90. The van der Waals surface area contributed by atoms with E-state index in [0.717, 1.165) is 11.3 Å². The van der Waals surface area contributed by atoms with Crippen molar-refractivity contribution in [3.8, 4) is 5.75 Å². The van der Waals surface area contributed by atoms with Crippen LogP contribution in [0.15, 0.2) is 48.5 Å². The molecule has 1 atom stereocenters. The molecule has 2 nitrogen and oxygen atoms in total. The van der Waals surface area contributed by atoms with E-state index in [9.17, 15) is 5.11 Å². The van der Waals surface area contributed by atoms with Gasteiger partial charge in [-0.05, 0) is 30.7 Å². The second-order valence-corrected chi connectivity index (χ2v) is 5.00. The predicted octanol–water partition coefficient (Wildman–Crippen LogP) is 3.80. The van der Waals surface area contributed by atoms with Crippen LogP contribution in [0.1, 0.15) is 17.0 Å². The first kappa shape index (κ1) is 13.9. The van der Waals surface area contributed by atoms with Gasteiger partial charge in [0, 0.05) is 10.9 Å². The first-order chi connectivity index (χ1) is 9.19. The van der Waals surface area contributed by atoms with E-state index in [1.807, 2.05) is 37.3 Å². The molecule has 3 heteroatoms. The van der Waals surface area contributed by atoms with Crippen LogP contribution in [0.25, 0.3) is 0 Å². The fourth-order valence-electron chi connectivity index (χ4n) is 1.93. The molecule has 1 unspecified atom stereocenters. The number of rotatable bonds is 5. The Bertz CT molecular complexity index is 540. The van der Waals surface area contributed by atoms with Crippen molar-refractivity contribution >= 4 is 11.6 Å². The minimum Gasteiger partial charge on any atom is -0.493 e. The summed E-state index contributed by atoms with van der Waals surface area (Å²) in [5, 5.41) is 10.1. The van der Waals surface area contributed by atoms with Crippen molar-refractivity contribution in [1.82, 2.24) is 0 Å². The second kappa shape index (κ2) is 6.60. The topological polar surface area (TPSA) is 29.5 Å². The van der Waals surface area contributed by atoms with Crippen molar-refractivity contribution in [2.45, 2.75) is 12.8 Å². The Kier molecular flexibility index (Phi) is 4.83. The van der Waals surface area contributed by atoms with Gasteiger partial charge >= 0.3 is 0 Å². The monoisotopic (exact) mass is 276 g/mol. The van der Waals surface area contributed by atoms with E-state index >= 15 is 0 Å². The SMILES string of the molecule is Cc1cccc(C(CO)COc2cccc(Cl)c2)c1. The molecule has 0 heterocycles. The summed E-state index contributed by atoms with van der Waals surface area (Å²) in [7, 11) is 0. The Morgan fingerprint density at radius 1 is 1.16 bits per heavy atom. The molecule has 1 N–H and O–H groups in total. The van der Waals surface area contributed by atoms with Crippen molar-refractivity contribution in [2.24, 2.45) is 0 Å². The molecule has 2 aromatic rings. The van der Waals surface area contributed by atoms with E-state index in [1.54, 1.807) is 12.1 Å².